The molecule has 3 aliphatic rings. The third-order valence-electron chi connectivity index (χ3n) is 7.90. The fourth-order valence-electron chi connectivity index (χ4n) is 6.53. The minimum atomic E-state index is -3.06. The summed E-state index contributed by atoms with van der Waals surface area (Å²) in [5.41, 5.74) is 7.32. The van der Waals surface area contributed by atoms with Gasteiger partial charge in [-0.15, -0.1) is 0 Å². The summed E-state index contributed by atoms with van der Waals surface area (Å²) >= 11 is 0. The molecule has 1 aromatic carbocycles. The van der Waals surface area contributed by atoms with Crippen LogP contribution in [0.1, 0.15) is 71.1 Å². The second kappa shape index (κ2) is 7.99. The Balaban J connectivity index is 1.32. The van der Waals surface area contributed by atoms with Gasteiger partial charge in [-0.3, -0.25) is 14.2 Å². The Bertz CT molecular complexity index is 1680. The van der Waals surface area contributed by atoms with E-state index in [4.69, 9.17) is 10.5 Å². The van der Waals surface area contributed by atoms with Crippen LogP contribution in [-0.2, 0) is 5.54 Å². The van der Waals surface area contributed by atoms with E-state index >= 15 is 4.39 Å². The van der Waals surface area contributed by atoms with Crippen molar-refractivity contribution in [3.05, 3.63) is 76.9 Å². The summed E-state index contributed by atoms with van der Waals surface area (Å²) in [7, 11) is 0. The maximum atomic E-state index is 15.2. The number of nitrogens with two attached hydrogens (primary N) is 1. The molecule has 0 spiro atoms. The van der Waals surface area contributed by atoms with Gasteiger partial charge in [-0.2, -0.15) is 8.78 Å². The van der Waals surface area contributed by atoms with Gasteiger partial charge < -0.3 is 20.9 Å². The zero-order chi connectivity index (χ0) is 27.3. The lowest BCUT2D eigenvalue weighted by Crippen LogP contribution is -2.59. The Morgan fingerprint density at radius 2 is 2.00 bits per heavy atom. The Hall–Kier alpha value is -4.03. The number of nitrogens with one attached hydrogen (secondary N) is 1. The summed E-state index contributed by atoms with van der Waals surface area (Å²) in [6.07, 6.45) is 5.62. The average Bonchev–Trinajstić information content (AvgIpc) is 3.34. The zero-order valence-corrected chi connectivity index (χ0v) is 20.7. The van der Waals surface area contributed by atoms with Crippen molar-refractivity contribution in [2.45, 2.75) is 55.9 Å². The van der Waals surface area contributed by atoms with Crippen molar-refractivity contribution < 1.29 is 27.8 Å². The molecule has 2 aliphatic carbocycles. The smallest absolute Gasteiger partial charge is 0.387 e. The number of aromatic nitrogens is 4. The molecule has 0 radical (unpaired) electrons. The monoisotopic (exact) mass is 536 g/mol. The first-order valence-electron chi connectivity index (χ1n) is 12.5. The fourth-order valence-corrected chi connectivity index (χ4v) is 6.53. The first kappa shape index (κ1) is 24.0. The second-order valence-electron chi connectivity index (χ2n) is 10.9. The van der Waals surface area contributed by atoms with Crippen LogP contribution in [0.5, 0.6) is 5.75 Å². The first-order chi connectivity index (χ1) is 18.5. The number of fused-ring (bicyclic) bond motifs is 9. The number of carbonyl (C=O) groups excluding carboxylic acids is 1. The molecule has 0 saturated heterocycles. The normalized spacial score (nSPS) is 27.1. The van der Waals surface area contributed by atoms with Gasteiger partial charge in [0.05, 0.1) is 34.3 Å². The van der Waals surface area contributed by atoms with Crippen LogP contribution in [-0.4, -0.2) is 42.6 Å². The topological polar surface area (TPSA) is 128 Å². The van der Waals surface area contributed by atoms with Crippen LogP contribution in [0.4, 0.5) is 13.2 Å². The molecule has 2 unspecified atom stereocenters. The molecule has 12 heteroatoms. The van der Waals surface area contributed by atoms with Gasteiger partial charge in [-0.05, 0) is 44.4 Å². The molecule has 2 atom stereocenters. The number of ether oxygens (including phenoxy) is 1. The number of benzene rings is 1. The maximum absolute atomic E-state index is 15.2. The number of rotatable bonds is 4. The number of carbonyl (C=O) groups is 1. The summed E-state index contributed by atoms with van der Waals surface area (Å²) < 4.78 is 48.2. The molecule has 7 rings (SSSR count). The van der Waals surface area contributed by atoms with E-state index in [1.54, 1.807) is 29.8 Å². The quantitative estimate of drug-likeness (QED) is 0.364. The minimum absolute atomic E-state index is 0.0669. The largest absolute Gasteiger partial charge is 0.434 e. The molecule has 2 bridgehead atoms. The third-order valence-corrected chi connectivity index (χ3v) is 7.90. The summed E-state index contributed by atoms with van der Waals surface area (Å²) in [5, 5.41) is 13.0. The predicted molar refractivity (Wildman–Crippen MR) is 132 cm³/mol. The van der Waals surface area contributed by atoms with Crippen LogP contribution in [0, 0.1) is 5.82 Å². The van der Waals surface area contributed by atoms with Crippen LogP contribution in [0.3, 0.4) is 0 Å². The highest BCUT2D eigenvalue weighted by Crippen LogP contribution is 2.50. The lowest BCUT2D eigenvalue weighted by Gasteiger charge is -2.48. The number of amides is 1. The molecule has 4 N–H and O–H groups in total. The predicted octanol–water partition coefficient (Wildman–Crippen LogP) is 3.55. The van der Waals surface area contributed by atoms with Gasteiger partial charge in [0.1, 0.15) is 11.6 Å². The molecule has 4 heterocycles. The molecule has 39 heavy (non-hydrogen) atoms. The Morgan fingerprint density at radius 1 is 1.23 bits per heavy atom. The number of halogens is 3. The van der Waals surface area contributed by atoms with Crippen molar-refractivity contribution in [2.24, 2.45) is 5.73 Å². The standard InChI is InChI=1S/C27H23F3N6O3/c1-26(38)10-27(31,11-26)22-16(28)5-12(7-32-22)13-8-33-25-35-20-17-6-15(21(20)36(25)9-13)19-14(23(37)34-17)3-2-4-18(19)39-24(29)30/h2-5,7-9,15,17,24,38H,6,10-11,31H2,1H3,(H,34,37). The molecule has 4 aromatic rings. The van der Waals surface area contributed by atoms with E-state index < -0.39 is 35.5 Å². The van der Waals surface area contributed by atoms with Gasteiger partial charge in [-0.25, -0.2) is 14.4 Å². The number of hydrogen-bond acceptors (Lipinski definition) is 7. The molecule has 3 aromatic heterocycles. The summed E-state index contributed by atoms with van der Waals surface area (Å²) in [4.78, 5) is 26.3. The highest BCUT2D eigenvalue weighted by atomic mass is 19.3. The van der Waals surface area contributed by atoms with E-state index in [-0.39, 0.29) is 35.8 Å². The van der Waals surface area contributed by atoms with Crippen LogP contribution in [0.25, 0.3) is 16.9 Å². The molecule has 9 nitrogen and oxygen atoms in total. The van der Waals surface area contributed by atoms with E-state index in [1.165, 1.54) is 24.4 Å². The fraction of sp³-hybridized carbons (Fsp3) is 0.333. The van der Waals surface area contributed by atoms with Gasteiger partial charge in [-0.1, -0.05) is 6.07 Å². The van der Waals surface area contributed by atoms with Gasteiger partial charge >= 0.3 is 6.61 Å². The van der Waals surface area contributed by atoms with Crippen molar-refractivity contribution in [3.8, 4) is 16.9 Å². The van der Waals surface area contributed by atoms with Crippen molar-refractivity contribution in [1.82, 2.24) is 24.7 Å². The number of hydrogen-bond donors (Lipinski definition) is 3. The van der Waals surface area contributed by atoms with Gasteiger partial charge in [0.2, 0.25) is 5.78 Å². The van der Waals surface area contributed by atoms with Crippen LogP contribution in [0.2, 0.25) is 0 Å². The minimum Gasteiger partial charge on any atom is -0.434 e. The number of alkyl halides is 2. The van der Waals surface area contributed by atoms with Crippen molar-refractivity contribution >= 4 is 11.7 Å². The van der Waals surface area contributed by atoms with E-state index in [2.05, 4.69) is 20.3 Å². The average molecular weight is 537 g/mol. The molecule has 1 aliphatic heterocycles. The highest BCUT2D eigenvalue weighted by Gasteiger charge is 2.51. The number of pyridine rings is 1. The Kier molecular flexibility index (Phi) is 4.93. The lowest BCUT2D eigenvalue weighted by atomic mass is 9.64. The van der Waals surface area contributed by atoms with Gasteiger partial charge in [0, 0.05) is 46.8 Å². The van der Waals surface area contributed by atoms with E-state index in [0.717, 1.165) is 0 Å². The third kappa shape index (κ3) is 3.62. The van der Waals surface area contributed by atoms with Crippen LogP contribution >= 0.6 is 0 Å². The number of imidazole rings is 1. The van der Waals surface area contributed by atoms with Crippen molar-refractivity contribution in [1.29, 1.82) is 0 Å². The molecule has 1 saturated carbocycles. The molecule has 1 fully saturated rings. The molecular formula is C27H23F3N6O3. The second-order valence-corrected chi connectivity index (χ2v) is 10.9. The zero-order valence-electron chi connectivity index (χ0n) is 20.7. The van der Waals surface area contributed by atoms with Crippen LogP contribution in [0.15, 0.2) is 42.9 Å². The summed E-state index contributed by atoms with van der Waals surface area (Å²) in [5.74, 6) is -1.16. The van der Waals surface area contributed by atoms with E-state index in [9.17, 15) is 18.7 Å². The SMILES string of the molecule is CC1(O)CC(N)(c2ncc(-c3cnc4nc5c(n4c3)C3CC5NC(=O)c4cccc(OC(F)F)c43)cc2F)C1. The molecule has 200 valence electrons. The highest BCUT2D eigenvalue weighted by molar-refractivity contribution is 5.98. The van der Waals surface area contributed by atoms with Crippen LogP contribution < -0.4 is 15.8 Å². The maximum Gasteiger partial charge on any atom is 0.387 e. The van der Waals surface area contributed by atoms with Crippen molar-refractivity contribution in [3.63, 3.8) is 0 Å². The Labute approximate surface area is 219 Å². The van der Waals surface area contributed by atoms with E-state index in [0.29, 0.717) is 40.3 Å². The van der Waals surface area contributed by atoms with E-state index in [1.807, 2.05) is 0 Å². The summed E-state index contributed by atoms with van der Waals surface area (Å²) in [6, 6.07) is 5.40. The lowest BCUT2D eigenvalue weighted by molar-refractivity contribution is -0.0764. The van der Waals surface area contributed by atoms with Gasteiger partial charge in [0.15, 0.2) is 0 Å². The first-order valence-corrected chi connectivity index (χ1v) is 12.5. The molecule has 1 amide bonds. The van der Waals surface area contributed by atoms with Gasteiger partial charge in [0.25, 0.3) is 5.91 Å². The number of nitrogens with zero attached hydrogens (tertiary/aromatic N) is 4. The van der Waals surface area contributed by atoms with Crippen molar-refractivity contribution in [2.75, 3.05) is 0 Å². The Morgan fingerprint density at radius 3 is 2.72 bits per heavy atom. The molecular weight excluding hydrogens is 513 g/mol. The summed E-state index contributed by atoms with van der Waals surface area (Å²) in [6.45, 7) is -1.41. The number of aliphatic hydroxyl groups is 1.